The Hall–Kier alpha value is -4.69. The molecule has 0 spiro atoms. The zero-order chi connectivity index (χ0) is 54.5. The zero-order valence-corrected chi connectivity index (χ0v) is 45.2. The third-order valence-electron chi connectivity index (χ3n) is 11.6. The summed E-state index contributed by atoms with van der Waals surface area (Å²) in [5, 5.41) is 92.1. The molecule has 0 saturated heterocycles. The number of aliphatic hydroxyl groups is 4. The van der Waals surface area contributed by atoms with Gasteiger partial charge in [-0.05, 0) is 102 Å². The summed E-state index contributed by atoms with van der Waals surface area (Å²) in [7, 11) is 0. The van der Waals surface area contributed by atoms with Gasteiger partial charge in [0.15, 0.2) is 0 Å². The molecule has 392 valence electrons. The largest absolute Gasteiger partial charge is 0.507 e. The number of aliphatic carboxylic acids is 3. The predicted molar refractivity (Wildman–Crippen MR) is 275 cm³/mol. The first-order chi connectivity index (χ1) is 31.0. The Balaban J connectivity index is 0.000000923. The summed E-state index contributed by atoms with van der Waals surface area (Å²) in [5.74, 6) is -1.38. The molecule has 0 amide bonds. The van der Waals surface area contributed by atoms with E-state index in [9.17, 15) is 29.7 Å². The molecule has 0 aliphatic rings. The predicted octanol–water partition coefficient (Wildman–Crippen LogP) is 9.96. The standard InChI is InChI=1S/3C17H26O3.C5H12O4/c3*1-16(2,3)12-9-11(7-8-14(18)19)10-13(15(12)20)17(4,5)6;6-1-5(2-7,3-8)4-9/h3*9-10,20H,7-8H2,1-6H3,(H,18,19);6-9H,1-4H2. The lowest BCUT2D eigenvalue weighted by atomic mass is 9.78. The number of rotatable bonds is 13. The Morgan fingerprint density at radius 3 is 0.565 bits per heavy atom. The monoisotopic (exact) mass is 971 g/mol. The van der Waals surface area contributed by atoms with E-state index in [1.165, 1.54) is 0 Å². The van der Waals surface area contributed by atoms with Crippen LogP contribution in [0.5, 0.6) is 17.2 Å². The lowest BCUT2D eigenvalue weighted by molar-refractivity contribution is -0.138. The Bertz CT molecular complexity index is 1790. The Morgan fingerprint density at radius 1 is 0.333 bits per heavy atom. The SMILES string of the molecule is CC(C)(C)c1cc(CCC(=O)O)cc(C(C)(C)C)c1O.CC(C)(C)c1cc(CCC(=O)O)cc(C(C)(C)C)c1O.CC(C)(C)c1cc(CCC(=O)O)cc(C(C)(C)C)c1O.OCC(CO)(CO)CO. The maximum absolute atomic E-state index is 10.8. The molecule has 0 fully saturated rings. The number of carboxylic acids is 3. The van der Waals surface area contributed by atoms with Crippen LogP contribution in [0.15, 0.2) is 36.4 Å². The van der Waals surface area contributed by atoms with E-state index in [-0.39, 0.29) is 51.8 Å². The normalized spacial score (nSPS) is 12.4. The van der Waals surface area contributed by atoms with Crippen LogP contribution in [0, 0.1) is 5.41 Å². The average molecular weight is 971 g/mol. The minimum Gasteiger partial charge on any atom is -0.507 e. The molecule has 0 saturated carbocycles. The summed E-state index contributed by atoms with van der Waals surface area (Å²) in [6, 6.07) is 11.6. The molecular formula is C56H90O13. The van der Waals surface area contributed by atoms with Gasteiger partial charge in [0, 0.05) is 19.3 Å². The van der Waals surface area contributed by atoms with Crippen LogP contribution in [0.1, 0.15) is 194 Å². The highest BCUT2D eigenvalue weighted by Gasteiger charge is 2.30. The molecule has 0 aromatic heterocycles. The lowest BCUT2D eigenvalue weighted by Gasteiger charge is -2.28. The van der Waals surface area contributed by atoms with Crippen LogP contribution in [0.4, 0.5) is 0 Å². The van der Waals surface area contributed by atoms with Gasteiger partial charge in [-0.2, -0.15) is 0 Å². The van der Waals surface area contributed by atoms with E-state index in [4.69, 9.17) is 35.7 Å². The highest BCUT2D eigenvalue weighted by atomic mass is 16.4. The second-order valence-corrected chi connectivity index (χ2v) is 24.4. The van der Waals surface area contributed by atoms with Gasteiger partial charge >= 0.3 is 17.9 Å². The number of aryl methyl sites for hydroxylation is 3. The van der Waals surface area contributed by atoms with Crippen LogP contribution >= 0.6 is 0 Å². The fourth-order valence-electron chi connectivity index (χ4n) is 7.00. The molecule has 3 aromatic carbocycles. The van der Waals surface area contributed by atoms with Gasteiger partial charge in [0.2, 0.25) is 0 Å². The maximum atomic E-state index is 10.8. The number of benzene rings is 3. The summed E-state index contributed by atoms with van der Waals surface area (Å²) in [4.78, 5) is 32.3. The molecule has 0 aliphatic carbocycles. The van der Waals surface area contributed by atoms with Crippen LogP contribution in [-0.4, -0.2) is 95.4 Å². The Labute approximate surface area is 413 Å². The van der Waals surface area contributed by atoms with Crippen molar-refractivity contribution in [2.24, 2.45) is 5.41 Å². The molecule has 0 radical (unpaired) electrons. The summed E-state index contributed by atoms with van der Waals surface area (Å²) in [6.45, 7) is 35.3. The molecule has 0 bridgehead atoms. The molecule has 0 aliphatic heterocycles. The maximum Gasteiger partial charge on any atom is 0.303 e. The Morgan fingerprint density at radius 2 is 0.478 bits per heavy atom. The van der Waals surface area contributed by atoms with Crippen molar-refractivity contribution in [3.05, 3.63) is 86.5 Å². The van der Waals surface area contributed by atoms with Crippen molar-refractivity contribution in [1.82, 2.24) is 0 Å². The van der Waals surface area contributed by atoms with Crippen LogP contribution in [0.25, 0.3) is 0 Å². The van der Waals surface area contributed by atoms with Crippen molar-refractivity contribution in [3.8, 4) is 17.2 Å². The molecule has 13 heteroatoms. The van der Waals surface area contributed by atoms with E-state index in [0.717, 1.165) is 50.1 Å². The minimum atomic E-state index is -1.11. The van der Waals surface area contributed by atoms with Crippen LogP contribution in [0.2, 0.25) is 0 Å². The van der Waals surface area contributed by atoms with Crippen molar-refractivity contribution in [1.29, 1.82) is 0 Å². The first-order valence-electron chi connectivity index (χ1n) is 23.7. The molecule has 3 rings (SSSR count). The number of hydrogen-bond acceptors (Lipinski definition) is 10. The van der Waals surface area contributed by atoms with Gasteiger partial charge in [0.05, 0.1) is 31.8 Å². The first-order valence-corrected chi connectivity index (χ1v) is 23.7. The van der Waals surface area contributed by atoms with Crippen molar-refractivity contribution in [2.45, 2.75) is 196 Å². The third kappa shape index (κ3) is 21.1. The first kappa shape index (κ1) is 64.3. The summed E-state index contributed by atoms with van der Waals surface area (Å²) in [6.07, 6.45) is 1.79. The van der Waals surface area contributed by atoms with Gasteiger partial charge in [0.1, 0.15) is 17.2 Å². The van der Waals surface area contributed by atoms with Crippen LogP contribution in [-0.2, 0) is 66.1 Å². The smallest absolute Gasteiger partial charge is 0.303 e. The van der Waals surface area contributed by atoms with Gasteiger partial charge in [-0.1, -0.05) is 161 Å². The highest BCUT2D eigenvalue weighted by Crippen LogP contribution is 2.42. The minimum absolute atomic E-state index is 0.109. The Kier molecular flexibility index (Phi) is 23.7. The van der Waals surface area contributed by atoms with E-state index in [0.29, 0.717) is 36.5 Å². The second kappa shape index (κ2) is 25.4. The van der Waals surface area contributed by atoms with Gasteiger partial charge in [0.25, 0.3) is 0 Å². The topological polar surface area (TPSA) is 254 Å². The molecule has 0 atom stereocenters. The van der Waals surface area contributed by atoms with E-state index in [1.807, 2.05) is 36.4 Å². The quantitative estimate of drug-likeness (QED) is 0.0766. The fraction of sp³-hybridized carbons (Fsp3) is 0.625. The molecule has 3 aromatic rings. The molecule has 69 heavy (non-hydrogen) atoms. The van der Waals surface area contributed by atoms with Gasteiger partial charge in [-0.15, -0.1) is 0 Å². The molecule has 0 heterocycles. The number of carbonyl (C=O) groups is 3. The van der Waals surface area contributed by atoms with E-state index in [1.54, 1.807) is 0 Å². The molecular weight excluding hydrogens is 881 g/mol. The van der Waals surface area contributed by atoms with Crippen molar-refractivity contribution in [3.63, 3.8) is 0 Å². The number of phenols is 3. The second-order valence-electron chi connectivity index (χ2n) is 24.4. The van der Waals surface area contributed by atoms with Crippen molar-refractivity contribution >= 4 is 17.9 Å². The average Bonchev–Trinajstić information content (AvgIpc) is 3.18. The zero-order valence-electron chi connectivity index (χ0n) is 45.2. The molecule has 10 N–H and O–H groups in total. The van der Waals surface area contributed by atoms with Gasteiger partial charge in [-0.25, -0.2) is 0 Å². The summed E-state index contributed by atoms with van der Waals surface area (Å²) < 4.78 is 0. The molecule has 0 unspecified atom stereocenters. The van der Waals surface area contributed by atoms with E-state index >= 15 is 0 Å². The summed E-state index contributed by atoms with van der Waals surface area (Å²) >= 11 is 0. The third-order valence-corrected chi connectivity index (χ3v) is 11.6. The number of hydrogen-bond donors (Lipinski definition) is 10. The van der Waals surface area contributed by atoms with Crippen molar-refractivity contribution in [2.75, 3.05) is 26.4 Å². The highest BCUT2D eigenvalue weighted by molar-refractivity contribution is 5.68. The number of aliphatic hydroxyl groups excluding tert-OH is 4. The van der Waals surface area contributed by atoms with Gasteiger partial charge < -0.3 is 51.1 Å². The van der Waals surface area contributed by atoms with Gasteiger partial charge in [-0.3, -0.25) is 14.4 Å². The van der Waals surface area contributed by atoms with Crippen LogP contribution < -0.4 is 0 Å². The van der Waals surface area contributed by atoms with Crippen molar-refractivity contribution < 1.29 is 65.4 Å². The number of phenolic OH excluding ortho intramolecular Hbond substituents is 3. The van der Waals surface area contributed by atoms with E-state index < -0.39 is 49.8 Å². The van der Waals surface area contributed by atoms with Crippen LogP contribution in [0.3, 0.4) is 0 Å². The van der Waals surface area contributed by atoms with E-state index in [2.05, 4.69) is 125 Å². The number of carboxylic acid groups (broad SMARTS) is 3. The lowest BCUT2D eigenvalue weighted by Crippen LogP contribution is -2.37. The molecule has 13 nitrogen and oxygen atoms in total. The fourth-order valence-corrected chi connectivity index (χ4v) is 7.00. The number of aromatic hydroxyl groups is 3. The summed E-state index contributed by atoms with van der Waals surface area (Å²) in [5.41, 5.74) is 6.02.